The summed E-state index contributed by atoms with van der Waals surface area (Å²) in [4.78, 5) is 17.1. The van der Waals surface area contributed by atoms with Crippen molar-refractivity contribution in [1.29, 1.82) is 0 Å². The van der Waals surface area contributed by atoms with E-state index in [-0.39, 0.29) is 11.3 Å². The van der Waals surface area contributed by atoms with Crippen molar-refractivity contribution in [3.8, 4) is 0 Å². The zero-order valence-electron chi connectivity index (χ0n) is 14.7. The third kappa shape index (κ3) is 2.83. The van der Waals surface area contributed by atoms with Gasteiger partial charge in [0.2, 0.25) is 5.91 Å². The standard InChI is InChI=1S/C21H26N2OS/c24-18(23-19-22-6-7-25-19)13-20-9-15-8-16(10-20)12-21(11-15,14-20)17-4-2-1-3-5-17/h1-5,15-16H,6-14H2,(H,22,23,24)/t15-,16-,20?,21?/m1/s1. The monoisotopic (exact) mass is 354 g/mol. The highest BCUT2D eigenvalue weighted by Gasteiger charge is 2.58. The lowest BCUT2D eigenvalue weighted by atomic mass is 9.42. The summed E-state index contributed by atoms with van der Waals surface area (Å²) in [6.45, 7) is 0.840. The first-order valence-electron chi connectivity index (χ1n) is 9.68. The Morgan fingerprint density at radius 1 is 1.16 bits per heavy atom. The molecule has 4 saturated carbocycles. The molecule has 4 aliphatic carbocycles. The number of nitrogens with one attached hydrogen (secondary N) is 1. The summed E-state index contributed by atoms with van der Waals surface area (Å²) in [5, 5.41) is 3.92. The van der Waals surface area contributed by atoms with Crippen LogP contribution in [0, 0.1) is 17.3 Å². The maximum Gasteiger partial charge on any atom is 0.226 e. The van der Waals surface area contributed by atoms with Crippen molar-refractivity contribution in [2.45, 2.75) is 50.4 Å². The molecule has 4 fully saturated rings. The molecule has 1 N–H and O–H groups in total. The van der Waals surface area contributed by atoms with Crippen molar-refractivity contribution in [2.24, 2.45) is 22.2 Å². The Kier molecular flexibility index (Phi) is 3.74. The molecule has 6 rings (SSSR count). The minimum atomic E-state index is 0.193. The molecule has 0 radical (unpaired) electrons. The third-order valence-corrected chi connectivity index (χ3v) is 7.83. The van der Waals surface area contributed by atoms with Crippen molar-refractivity contribution in [3.63, 3.8) is 0 Å². The van der Waals surface area contributed by atoms with E-state index in [0.717, 1.165) is 29.3 Å². The fraction of sp³-hybridized carbons (Fsp3) is 0.619. The van der Waals surface area contributed by atoms with Crippen LogP contribution >= 0.6 is 11.8 Å². The highest BCUT2D eigenvalue weighted by molar-refractivity contribution is 8.14. The largest absolute Gasteiger partial charge is 0.305 e. The Bertz CT molecular complexity index is 700. The molecule has 1 aromatic rings. The van der Waals surface area contributed by atoms with Crippen LogP contribution in [0.15, 0.2) is 35.3 Å². The second kappa shape index (κ2) is 5.87. The summed E-state index contributed by atoms with van der Waals surface area (Å²) in [5.41, 5.74) is 2.06. The van der Waals surface area contributed by atoms with Crippen LogP contribution in [0.5, 0.6) is 0 Å². The van der Waals surface area contributed by atoms with Crippen LogP contribution in [0.1, 0.15) is 50.5 Å². The predicted octanol–water partition coefficient (Wildman–Crippen LogP) is 4.13. The molecule has 0 saturated heterocycles. The SMILES string of the molecule is O=C(CC12C[C@H]3C[C@H](C1)CC(c1ccccc1)(C3)C2)NC1=NCCS1. The molecule has 0 spiro atoms. The van der Waals surface area contributed by atoms with Gasteiger partial charge in [-0.3, -0.25) is 9.79 Å². The Labute approximate surface area is 154 Å². The van der Waals surface area contributed by atoms with Crippen molar-refractivity contribution < 1.29 is 4.79 Å². The molecule has 4 bridgehead atoms. The molecule has 3 nitrogen and oxygen atoms in total. The van der Waals surface area contributed by atoms with Gasteiger partial charge in [-0.2, -0.15) is 0 Å². The summed E-state index contributed by atoms with van der Waals surface area (Å²) in [5.74, 6) is 2.82. The van der Waals surface area contributed by atoms with Gasteiger partial charge in [-0.05, 0) is 66.8 Å². The van der Waals surface area contributed by atoms with E-state index in [2.05, 4.69) is 40.6 Å². The Morgan fingerprint density at radius 2 is 1.92 bits per heavy atom. The van der Waals surface area contributed by atoms with Gasteiger partial charge in [0.1, 0.15) is 0 Å². The number of carbonyl (C=O) groups is 1. The molecule has 0 unspecified atom stereocenters. The maximum absolute atomic E-state index is 12.7. The topological polar surface area (TPSA) is 41.5 Å². The smallest absolute Gasteiger partial charge is 0.226 e. The molecular formula is C21H26N2OS. The molecule has 1 heterocycles. The van der Waals surface area contributed by atoms with Crippen LogP contribution in [0.25, 0.3) is 0 Å². The van der Waals surface area contributed by atoms with Crippen LogP contribution in [0.3, 0.4) is 0 Å². The van der Waals surface area contributed by atoms with Gasteiger partial charge in [0.05, 0.1) is 6.54 Å². The normalized spacial score (nSPS) is 38.6. The molecule has 132 valence electrons. The minimum absolute atomic E-state index is 0.193. The van der Waals surface area contributed by atoms with Gasteiger partial charge in [0, 0.05) is 12.2 Å². The lowest BCUT2D eigenvalue weighted by molar-refractivity contribution is -0.129. The van der Waals surface area contributed by atoms with Crippen molar-refractivity contribution >= 4 is 22.8 Å². The van der Waals surface area contributed by atoms with E-state index in [1.165, 1.54) is 44.1 Å². The van der Waals surface area contributed by atoms with Gasteiger partial charge in [-0.15, -0.1) is 0 Å². The van der Waals surface area contributed by atoms with Crippen molar-refractivity contribution in [1.82, 2.24) is 5.32 Å². The van der Waals surface area contributed by atoms with E-state index in [9.17, 15) is 4.79 Å². The molecule has 2 atom stereocenters. The van der Waals surface area contributed by atoms with E-state index >= 15 is 0 Å². The van der Waals surface area contributed by atoms with Crippen LogP contribution in [-0.2, 0) is 10.2 Å². The van der Waals surface area contributed by atoms with E-state index in [1.54, 1.807) is 11.8 Å². The summed E-state index contributed by atoms with van der Waals surface area (Å²) in [7, 11) is 0. The molecule has 1 aliphatic heterocycles. The van der Waals surface area contributed by atoms with Gasteiger partial charge < -0.3 is 5.32 Å². The first-order valence-corrected chi connectivity index (χ1v) is 10.7. The number of rotatable bonds is 3. The lowest BCUT2D eigenvalue weighted by Gasteiger charge is -2.62. The van der Waals surface area contributed by atoms with E-state index in [0.29, 0.717) is 11.8 Å². The average molecular weight is 355 g/mol. The number of thioether (sulfide) groups is 1. The summed E-state index contributed by atoms with van der Waals surface area (Å²) in [6, 6.07) is 11.1. The molecular weight excluding hydrogens is 328 g/mol. The molecule has 1 aromatic carbocycles. The summed E-state index contributed by atoms with van der Waals surface area (Å²) in [6.07, 6.45) is 8.45. The van der Waals surface area contributed by atoms with Gasteiger partial charge in [0.15, 0.2) is 5.17 Å². The first kappa shape index (κ1) is 15.9. The Hall–Kier alpha value is -1.29. The van der Waals surface area contributed by atoms with E-state index in [4.69, 9.17) is 0 Å². The average Bonchev–Trinajstić information content (AvgIpc) is 3.06. The van der Waals surface area contributed by atoms with Crippen LogP contribution in [0.2, 0.25) is 0 Å². The van der Waals surface area contributed by atoms with Crippen molar-refractivity contribution in [3.05, 3.63) is 35.9 Å². The summed E-state index contributed by atoms with van der Waals surface area (Å²) >= 11 is 1.68. The van der Waals surface area contributed by atoms with Crippen LogP contribution < -0.4 is 5.32 Å². The number of amides is 1. The number of hydrogen-bond donors (Lipinski definition) is 1. The highest BCUT2D eigenvalue weighted by atomic mass is 32.2. The number of amidine groups is 1. The number of aliphatic imine (C=N–C) groups is 1. The number of nitrogens with zero attached hydrogens (tertiary/aromatic N) is 1. The van der Waals surface area contributed by atoms with Gasteiger partial charge in [-0.1, -0.05) is 42.1 Å². The quantitative estimate of drug-likeness (QED) is 0.886. The van der Waals surface area contributed by atoms with Crippen LogP contribution in [0.4, 0.5) is 0 Å². The lowest BCUT2D eigenvalue weighted by Crippen LogP contribution is -2.55. The molecule has 4 heteroatoms. The zero-order valence-corrected chi connectivity index (χ0v) is 15.5. The fourth-order valence-electron chi connectivity index (χ4n) is 6.70. The van der Waals surface area contributed by atoms with Gasteiger partial charge in [-0.25, -0.2) is 0 Å². The molecule has 1 amide bonds. The number of carbonyl (C=O) groups excluding carboxylic acids is 1. The Balaban J connectivity index is 1.39. The summed E-state index contributed by atoms with van der Waals surface area (Å²) < 4.78 is 0. The third-order valence-electron chi connectivity index (χ3n) is 6.94. The molecule has 25 heavy (non-hydrogen) atoms. The van der Waals surface area contributed by atoms with E-state index < -0.39 is 0 Å². The molecule has 0 aromatic heterocycles. The number of benzene rings is 1. The highest BCUT2D eigenvalue weighted by Crippen LogP contribution is 2.66. The maximum atomic E-state index is 12.7. The molecule has 5 aliphatic rings. The van der Waals surface area contributed by atoms with Gasteiger partial charge in [0.25, 0.3) is 0 Å². The van der Waals surface area contributed by atoms with Gasteiger partial charge >= 0.3 is 0 Å². The second-order valence-corrected chi connectivity index (χ2v) is 9.95. The predicted molar refractivity (Wildman–Crippen MR) is 103 cm³/mol. The fourth-order valence-corrected chi connectivity index (χ4v) is 7.45. The van der Waals surface area contributed by atoms with Crippen molar-refractivity contribution in [2.75, 3.05) is 12.3 Å². The first-order chi connectivity index (χ1) is 12.1. The number of hydrogen-bond acceptors (Lipinski definition) is 3. The second-order valence-electron chi connectivity index (χ2n) is 8.87. The van der Waals surface area contributed by atoms with E-state index in [1.807, 2.05) is 0 Å². The minimum Gasteiger partial charge on any atom is -0.305 e. The Morgan fingerprint density at radius 3 is 2.60 bits per heavy atom. The zero-order chi connectivity index (χ0) is 16.9. The van der Waals surface area contributed by atoms with Crippen LogP contribution in [-0.4, -0.2) is 23.4 Å².